The molecule has 0 aliphatic rings. The van der Waals surface area contributed by atoms with E-state index in [0.717, 1.165) is 19.7 Å². The minimum atomic E-state index is 0.801. The van der Waals surface area contributed by atoms with Crippen molar-refractivity contribution in [1.82, 2.24) is 5.32 Å². The van der Waals surface area contributed by atoms with Crippen molar-refractivity contribution in [3.05, 3.63) is 47.5 Å². The highest BCUT2D eigenvalue weighted by atomic mass is 16.5. The molecule has 114 valence electrons. The van der Waals surface area contributed by atoms with E-state index in [-0.39, 0.29) is 0 Å². The zero-order valence-corrected chi connectivity index (χ0v) is 13.3. The van der Waals surface area contributed by atoms with Crippen molar-refractivity contribution in [2.45, 2.75) is 32.6 Å². The number of ether oxygens (including phenoxy) is 1. The van der Waals surface area contributed by atoms with E-state index in [1.54, 1.807) is 7.11 Å². The first kappa shape index (κ1) is 16.0. The number of hydrogen-bond donors (Lipinski definition) is 1. The lowest BCUT2D eigenvalue weighted by atomic mass is 9.97. The van der Waals surface area contributed by atoms with Gasteiger partial charge < -0.3 is 10.1 Å². The molecule has 0 unspecified atom stereocenters. The van der Waals surface area contributed by atoms with Gasteiger partial charge >= 0.3 is 0 Å². The van der Waals surface area contributed by atoms with Crippen molar-refractivity contribution in [1.29, 1.82) is 0 Å². The number of methoxy groups -OCH3 is 1. The molecule has 21 heavy (non-hydrogen) atoms. The smallest absolute Gasteiger partial charge is 0.0587 e. The molecule has 2 nitrogen and oxygen atoms in total. The van der Waals surface area contributed by atoms with Gasteiger partial charge in [0, 0.05) is 13.7 Å². The topological polar surface area (TPSA) is 21.3 Å². The van der Waals surface area contributed by atoms with E-state index in [1.165, 1.54) is 47.6 Å². The van der Waals surface area contributed by atoms with E-state index < -0.39 is 0 Å². The number of hydrogen-bond acceptors (Lipinski definition) is 2. The zero-order valence-electron chi connectivity index (χ0n) is 13.3. The standard InChI is InChI=1S/C19H27NO/c1-16-11-12-17(19-10-6-5-9-18(16)19)8-4-3-7-13-20-14-15-21-2/h5-6,9-12,20H,3-4,7-8,13-15H2,1-2H3. The first-order valence-electron chi connectivity index (χ1n) is 8.00. The summed E-state index contributed by atoms with van der Waals surface area (Å²) in [5, 5.41) is 6.22. The van der Waals surface area contributed by atoms with Gasteiger partial charge in [-0.1, -0.05) is 42.8 Å². The molecule has 2 rings (SSSR count). The quantitative estimate of drug-likeness (QED) is 0.700. The first-order valence-corrected chi connectivity index (χ1v) is 8.00. The van der Waals surface area contributed by atoms with Crippen LogP contribution in [-0.4, -0.2) is 26.8 Å². The number of unbranched alkanes of at least 4 members (excludes halogenated alkanes) is 2. The summed E-state index contributed by atoms with van der Waals surface area (Å²) >= 11 is 0. The zero-order chi connectivity index (χ0) is 14.9. The maximum absolute atomic E-state index is 5.02. The Balaban J connectivity index is 1.78. The average molecular weight is 285 g/mol. The van der Waals surface area contributed by atoms with Crippen molar-refractivity contribution in [3.8, 4) is 0 Å². The molecule has 2 aromatic carbocycles. The summed E-state index contributed by atoms with van der Waals surface area (Å²) in [5.74, 6) is 0. The molecule has 2 heteroatoms. The molecule has 0 aromatic heterocycles. The molecular formula is C19H27NO. The van der Waals surface area contributed by atoms with Crippen LogP contribution in [-0.2, 0) is 11.2 Å². The fraction of sp³-hybridized carbons (Fsp3) is 0.474. The fourth-order valence-corrected chi connectivity index (χ4v) is 2.77. The van der Waals surface area contributed by atoms with Crippen molar-refractivity contribution < 1.29 is 4.74 Å². The molecule has 0 aliphatic heterocycles. The Labute approximate surface area is 128 Å². The molecular weight excluding hydrogens is 258 g/mol. The van der Waals surface area contributed by atoms with Gasteiger partial charge in [-0.25, -0.2) is 0 Å². The third-order valence-corrected chi connectivity index (χ3v) is 4.02. The summed E-state index contributed by atoms with van der Waals surface area (Å²) in [7, 11) is 1.74. The van der Waals surface area contributed by atoms with E-state index in [2.05, 4.69) is 48.6 Å². The second-order valence-electron chi connectivity index (χ2n) is 5.64. The summed E-state index contributed by atoms with van der Waals surface area (Å²) in [6.07, 6.45) is 4.97. The second-order valence-corrected chi connectivity index (χ2v) is 5.64. The lowest BCUT2D eigenvalue weighted by Crippen LogP contribution is -2.20. The second kappa shape index (κ2) is 8.81. The summed E-state index contributed by atoms with van der Waals surface area (Å²) < 4.78 is 5.02. The predicted octanol–water partition coefficient (Wildman–Crippen LogP) is 4.10. The Bertz CT molecular complexity index is 550. The van der Waals surface area contributed by atoms with Crippen molar-refractivity contribution in [2.24, 2.45) is 0 Å². The van der Waals surface area contributed by atoms with Crippen LogP contribution < -0.4 is 5.32 Å². The highest BCUT2D eigenvalue weighted by Gasteiger charge is 2.02. The third-order valence-electron chi connectivity index (χ3n) is 4.02. The highest BCUT2D eigenvalue weighted by Crippen LogP contribution is 2.23. The van der Waals surface area contributed by atoms with Crippen molar-refractivity contribution in [2.75, 3.05) is 26.8 Å². The van der Waals surface area contributed by atoms with Crippen LogP contribution in [0.5, 0.6) is 0 Å². The van der Waals surface area contributed by atoms with Crippen LogP contribution in [0.25, 0.3) is 10.8 Å². The van der Waals surface area contributed by atoms with E-state index in [1.807, 2.05) is 0 Å². The van der Waals surface area contributed by atoms with Crippen LogP contribution in [0.1, 0.15) is 30.4 Å². The lowest BCUT2D eigenvalue weighted by Gasteiger charge is -2.09. The number of rotatable bonds is 9. The molecule has 0 radical (unpaired) electrons. The monoisotopic (exact) mass is 285 g/mol. The maximum atomic E-state index is 5.02. The summed E-state index contributed by atoms with van der Waals surface area (Å²) in [6, 6.07) is 13.3. The Morgan fingerprint density at radius 1 is 0.905 bits per heavy atom. The Kier molecular flexibility index (Phi) is 6.71. The van der Waals surface area contributed by atoms with Crippen LogP contribution in [0, 0.1) is 6.92 Å². The first-order chi connectivity index (χ1) is 10.3. The lowest BCUT2D eigenvalue weighted by molar-refractivity contribution is 0.199. The van der Waals surface area contributed by atoms with Gasteiger partial charge in [0.15, 0.2) is 0 Å². The Morgan fingerprint density at radius 3 is 2.52 bits per heavy atom. The Morgan fingerprint density at radius 2 is 1.71 bits per heavy atom. The summed E-state index contributed by atoms with van der Waals surface area (Å²) in [6.45, 7) is 5.05. The predicted molar refractivity (Wildman–Crippen MR) is 91.0 cm³/mol. The largest absolute Gasteiger partial charge is 0.383 e. The SMILES string of the molecule is COCCNCCCCCc1ccc(C)c2ccccc12. The van der Waals surface area contributed by atoms with Gasteiger partial charge in [0.05, 0.1) is 6.61 Å². The minimum Gasteiger partial charge on any atom is -0.383 e. The van der Waals surface area contributed by atoms with E-state index >= 15 is 0 Å². The molecule has 0 heterocycles. The Hall–Kier alpha value is -1.38. The molecule has 2 aromatic rings. The number of fused-ring (bicyclic) bond motifs is 1. The summed E-state index contributed by atoms with van der Waals surface area (Å²) in [4.78, 5) is 0. The van der Waals surface area contributed by atoms with Crippen LogP contribution in [0.15, 0.2) is 36.4 Å². The molecule has 0 spiro atoms. The van der Waals surface area contributed by atoms with Gasteiger partial charge in [-0.15, -0.1) is 0 Å². The molecule has 0 saturated carbocycles. The van der Waals surface area contributed by atoms with Crippen LogP contribution in [0.2, 0.25) is 0 Å². The van der Waals surface area contributed by atoms with Gasteiger partial charge in [0.1, 0.15) is 0 Å². The number of aryl methyl sites for hydroxylation is 2. The third kappa shape index (κ3) is 4.83. The average Bonchev–Trinajstić information content (AvgIpc) is 2.52. The minimum absolute atomic E-state index is 0.801. The van der Waals surface area contributed by atoms with Gasteiger partial charge in [0.2, 0.25) is 0 Å². The molecule has 0 fully saturated rings. The molecule has 1 N–H and O–H groups in total. The summed E-state index contributed by atoms with van der Waals surface area (Å²) in [5.41, 5.74) is 2.86. The van der Waals surface area contributed by atoms with Gasteiger partial charge in [-0.3, -0.25) is 0 Å². The van der Waals surface area contributed by atoms with Gasteiger partial charge in [0.25, 0.3) is 0 Å². The van der Waals surface area contributed by atoms with Gasteiger partial charge in [-0.05, 0) is 54.6 Å². The number of benzene rings is 2. The van der Waals surface area contributed by atoms with E-state index in [9.17, 15) is 0 Å². The molecule has 0 saturated heterocycles. The highest BCUT2D eigenvalue weighted by molar-refractivity contribution is 5.88. The normalized spacial score (nSPS) is 11.1. The molecule has 0 bridgehead atoms. The van der Waals surface area contributed by atoms with E-state index in [0.29, 0.717) is 0 Å². The fourth-order valence-electron chi connectivity index (χ4n) is 2.77. The van der Waals surface area contributed by atoms with Crippen molar-refractivity contribution in [3.63, 3.8) is 0 Å². The van der Waals surface area contributed by atoms with Crippen LogP contribution in [0.4, 0.5) is 0 Å². The molecule has 0 atom stereocenters. The maximum Gasteiger partial charge on any atom is 0.0587 e. The molecule has 0 amide bonds. The van der Waals surface area contributed by atoms with E-state index in [4.69, 9.17) is 4.74 Å². The van der Waals surface area contributed by atoms with Crippen molar-refractivity contribution >= 4 is 10.8 Å². The van der Waals surface area contributed by atoms with Crippen LogP contribution in [0.3, 0.4) is 0 Å². The molecule has 0 aliphatic carbocycles. The van der Waals surface area contributed by atoms with Crippen LogP contribution >= 0.6 is 0 Å². The number of nitrogens with one attached hydrogen (secondary N) is 1. The van der Waals surface area contributed by atoms with Gasteiger partial charge in [-0.2, -0.15) is 0 Å².